The molecule has 0 fully saturated rings. The summed E-state index contributed by atoms with van der Waals surface area (Å²) in [5.41, 5.74) is -1.51. The third-order valence-corrected chi connectivity index (χ3v) is 6.73. The Kier molecular flexibility index (Phi) is 4.29. The van der Waals surface area contributed by atoms with Gasteiger partial charge in [-0.25, -0.2) is 17.9 Å². The normalized spacial score (nSPS) is 11.6. The molecule has 0 radical (unpaired) electrons. The van der Waals surface area contributed by atoms with Crippen molar-refractivity contribution < 1.29 is 8.42 Å². The molecule has 2 heterocycles. The van der Waals surface area contributed by atoms with E-state index in [-0.39, 0.29) is 9.23 Å². The standard InChI is InChI=1S/C9H8BrClN4O4S2/c1-14-8(16)7(12-15(2)9(14)17)13-21(18,19)5-3-4(11)6(10)20-5/h3H,1-2H3,(H,12,13). The van der Waals surface area contributed by atoms with Gasteiger partial charge in [-0.1, -0.05) is 11.6 Å². The van der Waals surface area contributed by atoms with Crippen molar-refractivity contribution in [2.24, 2.45) is 14.1 Å². The van der Waals surface area contributed by atoms with E-state index < -0.39 is 27.1 Å². The first-order chi connectivity index (χ1) is 9.63. The molecule has 0 aliphatic rings. The van der Waals surface area contributed by atoms with E-state index in [1.807, 2.05) is 0 Å². The van der Waals surface area contributed by atoms with Crippen LogP contribution in [0, 0.1) is 0 Å². The third kappa shape index (κ3) is 3.05. The van der Waals surface area contributed by atoms with E-state index in [2.05, 4.69) is 25.8 Å². The van der Waals surface area contributed by atoms with Gasteiger partial charge in [0.15, 0.2) is 0 Å². The van der Waals surface area contributed by atoms with Crippen LogP contribution in [-0.2, 0) is 24.1 Å². The summed E-state index contributed by atoms with van der Waals surface area (Å²) in [4.78, 5) is 23.3. The maximum atomic E-state index is 12.2. The average molecular weight is 416 g/mol. The summed E-state index contributed by atoms with van der Waals surface area (Å²) >= 11 is 9.78. The van der Waals surface area contributed by atoms with Gasteiger partial charge in [0.1, 0.15) is 4.21 Å². The van der Waals surface area contributed by atoms with Crippen LogP contribution in [0.15, 0.2) is 23.7 Å². The lowest BCUT2D eigenvalue weighted by Crippen LogP contribution is -2.40. The summed E-state index contributed by atoms with van der Waals surface area (Å²) in [5, 5.41) is 3.85. The predicted molar refractivity (Wildman–Crippen MR) is 82.6 cm³/mol. The number of aromatic nitrogens is 3. The minimum Gasteiger partial charge on any atom is -0.265 e. The van der Waals surface area contributed by atoms with Gasteiger partial charge in [0.25, 0.3) is 15.6 Å². The number of sulfonamides is 1. The Labute approximate surface area is 136 Å². The molecule has 0 spiro atoms. The highest BCUT2D eigenvalue weighted by molar-refractivity contribution is 9.11. The van der Waals surface area contributed by atoms with Crippen LogP contribution in [0.3, 0.4) is 0 Å². The Hall–Kier alpha value is -1.17. The van der Waals surface area contributed by atoms with Gasteiger partial charge in [-0.15, -0.1) is 16.4 Å². The molecule has 114 valence electrons. The van der Waals surface area contributed by atoms with Gasteiger partial charge >= 0.3 is 5.69 Å². The first kappa shape index (κ1) is 16.2. The van der Waals surface area contributed by atoms with Gasteiger partial charge in [-0.2, -0.15) is 0 Å². The fraction of sp³-hybridized carbons (Fsp3) is 0.222. The van der Waals surface area contributed by atoms with E-state index in [4.69, 9.17) is 11.6 Å². The van der Waals surface area contributed by atoms with Crippen molar-refractivity contribution in [3.8, 4) is 0 Å². The first-order valence-corrected chi connectivity index (χ1v) is 8.72. The van der Waals surface area contributed by atoms with E-state index in [1.165, 1.54) is 20.2 Å². The number of aryl methyl sites for hydroxylation is 1. The topological polar surface area (TPSA) is 103 Å². The zero-order chi connectivity index (χ0) is 15.9. The highest BCUT2D eigenvalue weighted by Crippen LogP contribution is 2.34. The minimum absolute atomic E-state index is 0.0860. The zero-order valence-electron chi connectivity index (χ0n) is 10.6. The highest BCUT2D eigenvalue weighted by atomic mass is 79.9. The lowest BCUT2D eigenvalue weighted by molar-refractivity contribution is 0.594. The molecule has 0 unspecified atom stereocenters. The van der Waals surface area contributed by atoms with Crippen molar-refractivity contribution in [3.63, 3.8) is 0 Å². The summed E-state index contributed by atoms with van der Waals surface area (Å²) in [6, 6.07) is 1.24. The largest absolute Gasteiger partial charge is 0.346 e. The van der Waals surface area contributed by atoms with Gasteiger partial charge in [0.2, 0.25) is 5.82 Å². The quantitative estimate of drug-likeness (QED) is 0.797. The van der Waals surface area contributed by atoms with E-state index in [0.29, 0.717) is 3.79 Å². The van der Waals surface area contributed by atoms with E-state index in [9.17, 15) is 18.0 Å². The van der Waals surface area contributed by atoms with Crippen LogP contribution in [0.2, 0.25) is 5.02 Å². The van der Waals surface area contributed by atoms with Crippen LogP contribution in [0.1, 0.15) is 0 Å². The molecule has 0 bridgehead atoms. The van der Waals surface area contributed by atoms with Crippen molar-refractivity contribution in [2.45, 2.75) is 4.21 Å². The Morgan fingerprint density at radius 2 is 2.00 bits per heavy atom. The van der Waals surface area contributed by atoms with Gasteiger partial charge in [0.05, 0.1) is 8.81 Å². The maximum Gasteiger partial charge on any atom is 0.346 e. The van der Waals surface area contributed by atoms with Crippen molar-refractivity contribution in [3.05, 3.63) is 35.7 Å². The molecule has 12 heteroatoms. The molecular weight excluding hydrogens is 408 g/mol. The number of anilines is 1. The van der Waals surface area contributed by atoms with Crippen LogP contribution >= 0.6 is 38.9 Å². The number of nitrogens with zero attached hydrogens (tertiary/aromatic N) is 3. The molecule has 0 aliphatic carbocycles. The van der Waals surface area contributed by atoms with Crippen LogP contribution in [0.4, 0.5) is 5.82 Å². The molecule has 0 aromatic carbocycles. The highest BCUT2D eigenvalue weighted by Gasteiger charge is 2.22. The summed E-state index contributed by atoms with van der Waals surface area (Å²) < 4.78 is 28.4. The molecule has 2 rings (SSSR count). The number of nitrogens with one attached hydrogen (secondary N) is 1. The van der Waals surface area contributed by atoms with Crippen LogP contribution in [-0.4, -0.2) is 22.8 Å². The van der Waals surface area contributed by atoms with Crippen molar-refractivity contribution in [1.29, 1.82) is 0 Å². The Bertz CT molecular complexity index is 911. The molecule has 0 aliphatic heterocycles. The van der Waals surface area contributed by atoms with E-state index in [0.717, 1.165) is 20.6 Å². The van der Waals surface area contributed by atoms with Crippen molar-refractivity contribution in [2.75, 3.05) is 4.72 Å². The summed E-state index contributed by atoms with van der Waals surface area (Å²) in [5.74, 6) is -0.472. The molecule has 21 heavy (non-hydrogen) atoms. The summed E-state index contributed by atoms with van der Waals surface area (Å²) in [6.07, 6.45) is 0. The smallest absolute Gasteiger partial charge is 0.265 e. The molecular formula is C9H8BrClN4O4S2. The predicted octanol–water partition coefficient (Wildman–Crippen LogP) is 0.757. The number of hydrogen-bond acceptors (Lipinski definition) is 6. The Morgan fingerprint density at radius 1 is 1.38 bits per heavy atom. The molecule has 8 nitrogen and oxygen atoms in total. The lowest BCUT2D eigenvalue weighted by Gasteiger charge is -2.07. The van der Waals surface area contributed by atoms with Gasteiger partial charge in [-0.3, -0.25) is 14.1 Å². The van der Waals surface area contributed by atoms with Gasteiger partial charge in [-0.05, 0) is 22.0 Å². The van der Waals surface area contributed by atoms with Crippen LogP contribution in [0.5, 0.6) is 0 Å². The van der Waals surface area contributed by atoms with Crippen LogP contribution < -0.4 is 16.0 Å². The van der Waals surface area contributed by atoms with Gasteiger partial charge < -0.3 is 0 Å². The fourth-order valence-electron chi connectivity index (χ4n) is 1.40. The monoisotopic (exact) mass is 414 g/mol. The number of thiophene rings is 1. The zero-order valence-corrected chi connectivity index (χ0v) is 14.6. The summed E-state index contributed by atoms with van der Waals surface area (Å²) in [6.45, 7) is 0. The Balaban J connectivity index is 2.52. The molecule has 0 atom stereocenters. The molecule has 0 saturated heterocycles. The lowest BCUT2D eigenvalue weighted by atomic mass is 10.7. The molecule has 1 N–H and O–H groups in total. The molecule has 0 saturated carbocycles. The molecule has 2 aromatic heterocycles. The fourth-order valence-corrected chi connectivity index (χ4v) is 4.79. The second-order valence-electron chi connectivity index (χ2n) is 3.91. The second kappa shape index (κ2) is 5.55. The van der Waals surface area contributed by atoms with Crippen molar-refractivity contribution in [1.82, 2.24) is 14.3 Å². The summed E-state index contributed by atoms with van der Waals surface area (Å²) in [7, 11) is -1.49. The average Bonchev–Trinajstić information content (AvgIpc) is 2.74. The number of halogens is 2. The maximum absolute atomic E-state index is 12.2. The van der Waals surface area contributed by atoms with E-state index >= 15 is 0 Å². The third-order valence-electron chi connectivity index (χ3n) is 2.44. The van der Waals surface area contributed by atoms with Gasteiger partial charge in [0, 0.05) is 14.1 Å². The van der Waals surface area contributed by atoms with Crippen LogP contribution in [0.25, 0.3) is 0 Å². The van der Waals surface area contributed by atoms with Crippen molar-refractivity contribution >= 4 is 54.7 Å². The molecule has 2 aromatic rings. The number of rotatable bonds is 3. The Morgan fingerprint density at radius 3 is 2.52 bits per heavy atom. The minimum atomic E-state index is -4.02. The first-order valence-electron chi connectivity index (χ1n) is 5.25. The second-order valence-corrected chi connectivity index (χ2v) is 8.60. The number of hydrogen-bond donors (Lipinski definition) is 1. The SMILES string of the molecule is Cn1nc(NS(=O)(=O)c2cc(Cl)c(Br)s2)c(=O)n(C)c1=O. The van der Waals surface area contributed by atoms with E-state index in [1.54, 1.807) is 0 Å². The molecule has 0 amide bonds.